The fourth-order valence-corrected chi connectivity index (χ4v) is 3.82. The summed E-state index contributed by atoms with van der Waals surface area (Å²) in [6.45, 7) is 7.97. The molecule has 1 aromatic carbocycles. The topological polar surface area (TPSA) is 43.2 Å². The van der Waals surface area contributed by atoms with Crippen molar-refractivity contribution in [1.29, 1.82) is 0 Å². The van der Waals surface area contributed by atoms with Crippen molar-refractivity contribution in [3.05, 3.63) is 41.0 Å². The Bertz CT molecular complexity index is 709. The molecule has 0 bridgehead atoms. The van der Waals surface area contributed by atoms with Gasteiger partial charge in [0, 0.05) is 19.0 Å². The summed E-state index contributed by atoms with van der Waals surface area (Å²) >= 11 is 0. The first kappa shape index (κ1) is 14.7. The lowest BCUT2D eigenvalue weighted by Gasteiger charge is -2.25. The summed E-state index contributed by atoms with van der Waals surface area (Å²) in [5, 5.41) is 4.52. The van der Waals surface area contributed by atoms with E-state index < -0.39 is 0 Å². The quantitative estimate of drug-likeness (QED) is 0.870. The van der Waals surface area contributed by atoms with Crippen LogP contribution >= 0.6 is 0 Å². The second-order valence-electron chi connectivity index (χ2n) is 6.70. The molecule has 2 aliphatic heterocycles. The first-order chi connectivity index (χ1) is 11.2. The number of fused-ring (bicyclic) bond motifs is 1. The van der Waals surface area contributed by atoms with Crippen LogP contribution in [0.2, 0.25) is 0 Å². The molecular formula is C18H24N4O. The highest BCUT2D eigenvalue weighted by molar-refractivity contribution is 5.39. The molecule has 4 rings (SSSR count). The van der Waals surface area contributed by atoms with Gasteiger partial charge in [-0.05, 0) is 50.4 Å². The lowest BCUT2D eigenvalue weighted by molar-refractivity contribution is 0.218. The molecule has 2 aromatic rings. The van der Waals surface area contributed by atoms with E-state index in [-0.39, 0.29) is 0 Å². The van der Waals surface area contributed by atoms with Crippen LogP contribution in [0.4, 0.5) is 0 Å². The van der Waals surface area contributed by atoms with Crippen molar-refractivity contribution in [2.45, 2.75) is 52.2 Å². The van der Waals surface area contributed by atoms with Gasteiger partial charge in [0.1, 0.15) is 17.4 Å². The highest BCUT2D eigenvalue weighted by atomic mass is 16.5. The molecule has 0 radical (unpaired) electrons. The minimum Gasteiger partial charge on any atom is -0.493 e. The number of likely N-dealkylation sites (tertiary alicyclic amines) is 1. The van der Waals surface area contributed by atoms with E-state index in [0.29, 0.717) is 6.04 Å². The minimum atomic E-state index is 0.555. The third kappa shape index (κ3) is 2.98. The average Bonchev–Trinajstić information content (AvgIpc) is 3.21. The lowest BCUT2D eigenvalue weighted by Crippen LogP contribution is -2.33. The summed E-state index contributed by atoms with van der Waals surface area (Å²) in [5.74, 6) is 2.95. The van der Waals surface area contributed by atoms with Crippen molar-refractivity contribution in [3.63, 3.8) is 0 Å². The van der Waals surface area contributed by atoms with Crippen LogP contribution < -0.4 is 4.74 Å². The largest absolute Gasteiger partial charge is 0.493 e. The molecule has 1 aromatic heterocycles. The molecule has 0 aliphatic carbocycles. The Labute approximate surface area is 137 Å². The Morgan fingerprint density at radius 2 is 2.22 bits per heavy atom. The Morgan fingerprint density at radius 3 is 3.04 bits per heavy atom. The van der Waals surface area contributed by atoms with Crippen LogP contribution in [-0.4, -0.2) is 38.9 Å². The maximum atomic E-state index is 5.61. The molecule has 0 N–H and O–H groups in total. The summed E-state index contributed by atoms with van der Waals surface area (Å²) in [7, 11) is 0. The van der Waals surface area contributed by atoms with Gasteiger partial charge in [0.15, 0.2) is 0 Å². The van der Waals surface area contributed by atoms with Gasteiger partial charge in [-0.1, -0.05) is 12.1 Å². The normalized spacial score (nSPS) is 20.7. The number of aromatic nitrogens is 3. The number of aryl methyl sites for hydroxylation is 2. The molecule has 3 heterocycles. The van der Waals surface area contributed by atoms with E-state index in [0.717, 1.165) is 43.5 Å². The molecule has 1 fully saturated rings. The molecule has 23 heavy (non-hydrogen) atoms. The molecule has 5 nitrogen and oxygen atoms in total. The van der Waals surface area contributed by atoms with Gasteiger partial charge in [-0.15, -0.1) is 0 Å². The Morgan fingerprint density at radius 1 is 1.30 bits per heavy atom. The van der Waals surface area contributed by atoms with E-state index in [9.17, 15) is 0 Å². The third-order valence-corrected chi connectivity index (χ3v) is 4.98. The molecule has 1 atom stereocenters. The van der Waals surface area contributed by atoms with E-state index >= 15 is 0 Å². The molecule has 122 valence electrons. The zero-order valence-electron chi connectivity index (χ0n) is 14.0. The number of benzene rings is 1. The second kappa shape index (κ2) is 5.96. The number of hydrogen-bond donors (Lipinski definition) is 0. The van der Waals surface area contributed by atoms with Crippen LogP contribution in [0.5, 0.6) is 5.75 Å². The molecular weight excluding hydrogens is 288 g/mol. The Hall–Kier alpha value is -1.88. The molecule has 0 saturated carbocycles. The van der Waals surface area contributed by atoms with Crippen molar-refractivity contribution < 1.29 is 4.74 Å². The summed E-state index contributed by atoms with van der Waals surface area (Å²) in [6, 6.07) is 7.22. The van der Waals surface area contributed by atoms with E-state index in [2.05, 4.69) is 37.9 Å². The van der Waals surface area contributed by atoms with Crippen LogP contribution in [0.15, 0.2) is 18.2 Å². The van der Waals surface area contributed by atoms with Crippen molar-refractivity contribution >= 4 is 0 Å². The fraction of sp³-hybridized carbons (Fsp3) is 0.556. The smallest absolute Gasteiger partial charge is 0.147 e. The third-order valence-electron chi connectivity index (χ3n) is 4.98. The molecule has 0 spiro atoms. The number of ether oxygens (including phenoxy) is 1. The molecule has 2 aliphatic rings. The Kier molecular flexibility index (Phi) is 3.81. The minimum absolute atomic E-state index is 0.555. The first-order valence-electron chi connectivity index (χ1n) is 8.56. The summed E-state index contributed by atoms with van der Waals surface area (Å²) in [4.78, 5) is 7.01. The second-order valence-corrected chi connectivity index (χ2v) is 6.70. The average molecular weight is 312 g/mol. The Balaban J connectivity index is 1.46. The molecule has 1 unspecified atom stereocenters. The zero-order chi connectivity index (χ0) is 15.8. The van der Waals surface area contributed by atoms with Gasteiger partial charge in [-0.3, -0.25) is 4.90 Å². The monoisotopic (exact) mass is 312 g/mol. The van der Waals surface area contributed by atoms with Gasteiger partial charge in [0.25, 0.3) is 0 Å². The molecule has 1 saturated heterocycles. The number of hydrogen-bond acceptors (Lipinski definition) is 4. The van der Waals surface area contributed by atoms with Crippen LogP contribution in [-0.2, 0) is 19.5 Å². The first-order valence-corrected chi connectivity index (χ1v) is 8.56. The van der Waals surface area contributed by atoms with E-state index in [1.54, 1.807) is 0 Å². The summed E-state index contributed by atoms with van der Waals surface area (Å²) in [6.07, 6.45) is 3.56. The highest BCUT2D eigenvalue weighted by Crippen LogP contribution is 2.28. The predicted octanol–water partition coefficient (Wildman–Crippen LogP) is 2.49. The van der Waals surface area contributed by atoms with Gasteiger partial charge in [-0.25, -0.2) is 9.67 Å². The standard InChI is InChI=1S/C18H24N4O/c1-13-19-14(2)22(20-13)12-17-4-3-8-21(17)11-15-5-6-18-16(10-15)7-9-23-18/h5-6,10,17H,3-4,7-9,11-12H2,1-2H3. The van der Waals surface area contributed by atoms with Crippen molar-refractivity contribution in [2.75, 3.05) is 13.2 Å². The van der Waals surface area contributed by atoms with Crippen molar-refractivity contribution in [1.82, 2.24) is 19.7 Å². The maximum Gasteiger partial charge on any atom is 0.147 e. The number of nitrogens with zero attached hydrogens (tertiary/aromatic N) is 4. The zero-order valence-corrected chi connectivity index (χ0v) is 14.0. The van der Waals surface area contributed by atoms with Crippen LogP contribution in [0, 0.1) is 13.8 Å². The SMILES string of the molecule is Cc1nc(C)n(CC2CCCN2Cc2ccc3c(c2)CCO3)n1. The van der Waals surface area contributed by atoms with Gasteiger partial charge in [-0.2, -0.15) is 5.10 Å². The van der Waals surface area contributed by atoms with Gasteiger partial charge in [0.2, 0.25) is 0 Å². The van der Waals surface area contributed by atoms with Crippen LogP contribution in [0.25, 0.3) is 0 Å². The van der Waals surface area contributed by atoms with Crippen molar-refractivity contribution in [3.8, 4) is 5.75 Å². The van der Waals surface area contributed by atoms with Crippen LogP contribution in [0.3, 0.4) is 0 Å². The predicted molar refractivity (Wildman–Crippen MR) is 88.6 cm³/mol. The maximum absolute atomic E-state index is 5.61. The van der Waals surface area contributed by atoms with Gasteiger partial charge < -0.3 is 4.74 Å². The van der Waals surface area contributed by atoms with Crippen molar-refractivity contribution in [2.24, 2.45) is 0 Å². The van der Waals surface area contributed by atoms with Crippen LogP contribution in [0.1, 0.15) is 35.6 Å². The summed E-state index contributed by atoms with van der Waals surface area (Å²) < 4.78 is 7.67. The van der Waals surface area contributed by atoms with E-state index in [1.807, 2.05) is 13.8 Å². The van der Waals surface area contributed by atoms with Gasteiger partial charge >= 0.3 is 0 Å². The lowest BCUT2D eigenvalue weighted by atomic mass is 10.1. The fourth-order valence-electron chi connectivity index (χ4n) is 3.82. The highest BCUT2D eigenvalue weighted by Gasteiger charge is 2.26. The van der Waals surface area contributed by atoms with E-state index in [1.165, 1.54) is 30.5 Å². The number of rotatable bonds is 4. The summed E-state index contributed by atoms with van der Waals surface area (Å²) in [5.41, 5.74) is 2.76. The molecule has 0 amide bonds. The van der Waals surface area contributed by atoms with Gasteiger partial charge in [0.05, 0.1) is 13.2 Å². The molecule has 5 heteroatoms. The van der Waals surface area contributed by atoms with E-state index in [4.69, 9.17) is 4.74 Å².